The number of carbonyl (C=O) groups is 2. The number of hydrogen-bond acceptors (Lipinski definition) is 4. The van der Waals surface area contributed by atoms with Crippen LogP contribution in [0.4, 0.5) is 5.69 Å². The number of nitrogens with one attached hydrogen (secondary N) is 2. The molecule has 4 aromatic rings. The number of para-hydroxylation sites is 2. The minimum absolute atomic E-state index is 0.0402. The monoisotopic (exact) mass is 446 g/mol. The quantitative estimate of drug-likeness (QED) is 0.388. The molecule has 0 saturated carbocycles. The van der Waals surface area contributed by atoms with Crippen molar-refractivity contribution in [3.05, 3.63) is 82.3 Å². The maximum atomic E-state index is 12.6. The first-order chi connectivity index (χ1) is 15.6. The summed E-state index contributed by atoms with van der Waals surface area (Å²) in [5.41, 5.74) is 3.17. The average Bonchev–Trinajstić information content (AvgIpc) is 3.41. The van der Waals surface area contributed by atoms with Crippen LogP contribution < -0.4 is 10.6 Å². The molecule has 0 fully saturated rings. The van der Waals surface area contributed by atoms with Gasteiger partial charge in [-0.15, -0.1) is 11.3 Å². The van der Waals surface area contributed by atoms with Gasteiger partial charge in [-0.05, 0) is 61.5 Å². The van der Waals surface area contributed by atoms with E-state index in [0.29, 0.717) is 30.8 Å². The average molecular weight is 447 g/mol. The van der Waals surface area contributed by atoms with Crippen LogP contribution >= 0.6 is 11.3 Å². The van der Waals surface area contributed by atoms with Crippen LogP contribution in [0, 0.1) is 6.92 Å². The number of nitrogens with zero attached hydrogens (tertiary/aromatic N) is 2. The first-order valence-corrected chi connectivity index (χ1v) is 11.6. The molecule has 2 N–H and O–H groups in total. The molecule has 0 radical (unpaired) electrons. The van der Waals surface area contributed by atoms with E-state index >= 15 is 0 Å². The maximum Gasteiger partial charge on any atom is 0.251 e. The highest BCUT2D eigenvalue weighted by Gasteiger charge is 2.10. The molecule has 2 aromatic carbocycles. The Hall–Kier alpha value is -3.45. The van der Waals surface area contributed by atoms with Crippen molar-refractivity contribution in [2.45, 2.75) is 32.7 Å². The van der Waals surface area contributed by atoms with Gasteiger partial charge in [-0.2, -0.15) is 0 Å². The second-order valence-corrected chi connectivity index (χ2v) is 8.65. The summed E-state index contributed by atoms with van der Waals surface area (Å²) in [6.45, 7) is 3.09. The summed E-state index contributed by atoms with van der Waals surface area (Å²) in [5, 5.41) is 7.90. The summed E-state index contributed by atoms with van der Waals surface area (Å²) in [7, 11) is 0. The molecule has 0 atom stereocenters. The van der Waals surface area contributed by atoms with E-state index in [1.807, 2.05) is 42.6 Å². The minimum Gasteiger partial charge on any atom is -0.350 e. The molecule has 2 amide bonds. The van der Waals surface area contributed by atoms with Crippen LogP contribution in [0.1, 0.15) is 33.9 Å². The minimum atomic E-state index is -0.166. The highest BCUT2D eigenvalue weighted by atomic mass is 32.1. The van der Waals surface area contributed by atoms with Crippen molar-refractivity contribution < 1.29 is 9.59 Å². The number of aryl methyl sites for hydroxylation is 2. The molecule has 164 valence electrons. The Balaban J connectivity index is 1.28. The van der Waals surface area contributed by atoms with E-state index in [0.717, 1.165) is 29.7 Å². The molecule has 0 aliphatic heterocycles. The molecular formula is C25H26N4O2S. The zero-order valence-corrected chi connectivity index (χ0v) is 18.8. The fourth-order valence-corrected chi connectivity index (χ4v) is 4.45. The highest BCUT2D eigenvalue weighted by Crippen LogP contribution is 2.16. The van der Waals surface area contributed by atoms with Crippen molar-refractivity contribution in [3.8, 4) is 0 Å². The molecule has 0 saturated heterocycles. The fraction of sp³-hybridized carbons (Fsp3) is 0.240. The SMILES string of the molecule is Cc1nc2ccccc2n1CCNC(=O)c1cccc(NC(=O)CCCc2cccs2)c1. The smallest absolute Gasteiger partial charge is 0.251 e. The second-order valence-electron chi connectivity index (χ2n) is 7.62. The summed E-state index contributed by atoms with van der Waals surface area (Å²) in [6, 6.07) is 19.1. The van der Waals surface area contributed by atoms with Crippen LogP contribution in [0.25, 0.3) is 11.0 Å². The number of carbonyl (C=O) groups excluding carboxylic acids is 2. The molecular weight excluding hydrogens is 420 g/mol. The van der Waals surface area contributed by atoms with Crippen molar-refractivity contribution in [3.63, 3.8) is 0 Å². The maximum absolute atomic E-state index is 12.6. The van der Waals surface area contributed by atoms with Gasteiger partial charge >= 0.3 is 0 Å². The predicted octanol–water partition coefficient (Wildman–Crippen LogP) is 4.80. The Labute approximate surface area is 191 Å². The van der Waals surface area contributed by atoms with Gasteiger partial charge in [0.15, 0.2) is 0 Å². The number of aromatic nitrogens is 2. The first-order valence-electron chi connectivity index (χ1n) is 10.7. The largest absolute Gasteiger partial charge is 0.350 e. The zero-order chi connectivity index (χ0) is 22.3. The Bertz CT molecular complexity index is 1210. The van der Waals surface area contributed by atoms with E-state index in [1.54, 1.807) is 35.6 Å². The van der Waals surface area contributed by atoms with Gasteiger partial charge in [0.25, 0.3) is 5.91 Å². The lowest BCUT2D eigenvalue weighted by molar-refractivity contribution is -0.116. The lowest BCUT2D eigenvalue weighted by Crippen LogP contribution is -2.27. The third kappa shape index (κ3) is 5.42. The third-order valence-electron chi connectivity index (χ3n) is 5.28. The number of thiophene rings is 1. The molecule has 2 heterocycles. The standard InChI is InChI=1S/C25H26N4O2S/c1-18-27-22-11-2-3-12-23(22)29(18)15-14-26-25(31)19-7-4-8-20(17-19)28-24(30)13-5-9-21-10-6-16-32-21/h2-4,6-8,10-12,16-17H,5,9,13-15H2,1H3,(H,26,31)(H,28,30). The number of amides is 2. The summed E-state index contributed by atoms with van der Waals surface area (Å²) in [6.07, 6.45) is 2.15. The van der Waals surface area contributed by atoms with E-state index in [9.17, 15) is 9.59 Å². The van der Waals surface area contributed by atoms with Gasteiger partial charge in [-0.25, -0.2) is 4.98 Å². The molecule has 2 aromatic heterocycles. The van der Waals surface area contributed by atoms with Gasteiger partial charge in [-0.1, -0.05) is 24.3 Å². The van der Waals surface area contributed by atoms with E-state index in [1.165, 1.54) is 4.88 Å². The normalized spacial score (nSPS) is 10.9. The topological polar surface area (TPSA) is 76.0 Å². The van der Waals surface area contributed by atoms with E-state index in [4.69, 9.17) is 0 Å². The number of hydrogen-bond donors (Lipinski definition) is 2. The summed E-state index contributed by atoms with van der Waals surface area (Å²) in [5.74, 6) is 0.715. The van der Waals surface area contributed by atoms with E-state index in [2.05, 4.69) is 26.3 Å². The van der Waals surface area contributed by atoms with Crippen LogP contribution in [0.2, 0.25) is 0 Å². The summed E-state index contributed by atoms with van der Waals surface area (Å²) < 4.78 is 2.10. The van der Waals surface area contributed by atoms with Gasteiger partial charge in [0.2, 0.25) is 5.91 Å². The Morgan fingerprint density at radius 1 is 1.06 bits per heavy atom. The number of benzene rings is 2. The summed E-state index contributed by atoms with van der Waals surface area (Å²) >= 11 is 1.71. The number of imidazole rings is 1. The Morgan fingerprint density at radius 2 is 1.94 bits per heavy atom. The zero-order valence-electron chi connectivity index (χ0n) is 18.0. The first kappa shape index (κ1) is 21.8. The number of fused-ring (bicyclic) bond motifs is 1. The van der Waals surface area contributed by atoms with E-state index in [-0.39, 0.29) is 11.8 Å². The highest BCUT2D eigenvalue weighted by molar-refractivity contribution is 7.09. The molecule has 0 bridgehead atoms. The molecule has 6 nitrogen and oxygen atoms in total. The molecule has 0 spiro atoms. The molecule has 0 aliphatic rings. The van der Waals surface area contributed by atoms with Gasteiger partial charge < -0.3 is 15.2 Å². The van der Waals surface area contributed by atoms with Crippen molar-refractivity contribution >= 4 is 39.9 Å². The Morgan fingerprint density at radius 3 is 2.78 bits per heavy atom. The predicted molar refractivity (Wildman–Crippen MR) is 129 cm³/mol. The number of anilines is 1. The lowest BCUT2D eigenvalue weighted by atomic mass is 10.1. The van der Waals surface area contributed by atoms with Crippen molar-refractivity contribution in [1.82, 2.24) is 14.9 Å². The molecule has 4 rings (SSSR count). The van der Waals surface area contributed by atoms with E-state index < -0.39 is 0 Å². The van der Waals surface area contributed by atoms with Crippen LogP contribution in [-0.4, -0.2) is 27.9 Å². The van der Waals surface area contributed by atoms with Crippen LogP contribution in [0.5, 0.6) is 0 Å². The Kier molecular flexibility index (Phi) is 6.97. The van der Waals surface area contributed by atoms with Crippen molar-refractivity contribution in [1.29, 1.82) is 0 Å². The molecule has 0 aliphatic carbocycles. The summed E-state index contributed by atoms with van der Waals surface area (Å²) in [4.78, 5) is 30.7. The van der Waals surface area contributed by atoms with Crippen molar-refractivity contribution in [2.75, 3.05) is 11.9 Å². The van der Waals surface area contributed by atoms with Crippen LogP contribution in [0.3, 0.4) is 0 Å². The van der Waals surface area contributed by atoms with Crippen molar-refractivity contribution in [2.24, 2.45) is 0 Å². The van der Waals surface area contributed by atoms with Gasteiger partial charge in [0, 0.05) is 35.6 Å². The molecule has 32 heavy (non-hydrogen) atoms. The number of rotatable bonds is 9. The molecule has 7 heteroatoms. The third-order valence-corrected chi connectivity index (χ3v) is 6.22. The van der Waals surface area contributed by atoms with Gasteiger partial charge in [0.05, 0.1) is 11.0 Å². The van der Waals surface area contributed by atoms with Gasteiger partial charge in [0.1, 0.15) is 5.82 Å². The lowest BCUT2D eigenvalue weighted by Gasteiger charge is -2.10. The fourth-order valence-electron chi connectivity index (χ4n) is 3.70. The van der Waals surface area contributed by atoms with Crippen LogP contribution in [-0.2, 0) is 17.8 Å². The van der Waals surface area contributed by atoms with Crippen LogP contribution in [0.15, 0.2) is 66.0 Å². The second kappa shape index (κ2) is 10.2. The molecule has 0 unspecified atom stereocenters. The van der Waals surface area contributed by atoms with Gasteiger partial charge in [-0.3, -0.25) is 9.59 Å².